The van der Waals surface area contributed by atoms with Gasteiger partial charge in [-0.05, 0) is 53.5 Å². The maximum atomic E-state index is 9.94. The van der Waals surface area contributed by atoms with Gasteiger partial charge in [-0.1, -0.05) is 36.4 Å². The number of hydrogen-bond donors (Lipinski definition) is 2. The molecule has 0 saturated carbocycles. The van der Waals surface area contributed by atoms with Crippen LogP contribution in [0.1, 0.15) is 47.0 Å². The number of anilines is 1. The molecule has 31 heavy (non-hydrogen) atoms. The van der Waals surface area contributed by atoms with Gasteiger partial charge in [-0.2, -0.15) is 0 Å². The van der Waals surface area contributed by atoms with E-state index in [1.165, 1.54) is 11.1 Å². The Balaban J connectivity index is 1.31. The molecule has 2 aromatic heterocycles. The molecule has 1 aliphatic heterocycles. The number of nitrogens with two attached hydrogens (primary N) is 1. The molecule has 6 nitrogen and oxygen atoms in total. The van der Waals surface area contributed by atoms with Crippen LogP contribution in [0.5, 0.6) is 0 Å². The van der Waals surface area contributed by atoms with Gasteiger partial charge >= 0.3 is 0 Å². The van der Waals surface area contributed by atoms with Crippen LogP contribution in [0.15, 0.2) is 55.0 Å². The van der Waals surface area contributed by atoms with Crippen LogP contribution < -0.4 is 10.6 Å². The average molecular weight is 414 g/mol. The van der Waals surface area contributed by atoms with E-state index in [1.54, 1.807) is 18.6 Å². The number of aliphatic hydroxyl groups excluding tert-OH is 1. The zero-order valence-corrected chi connectivity index (χ0v) is 17.5. The lowest BCUT2D eigenvalue weighted by Gasteiger charge is -2.42. The van der Waals surface area contributed by atoms with E-state index in [0.29, 0.717) is 5.69 Å². The van der Waals surface area contributed by atoms with Gasteiger partial charge < -0.3 is 15.7 Å². The van der Waals surface area contributed by atoms with Crippen LogP contribution in [0.2, 0.25) is 0 Å². The second-order valence-corrected chi connectivity index (χ2v) is 8.55. The molecule has 3 heterocycles. The topological polar surface area (TPSA) is 88.2 Å². The summed E-state index contributed by atoms with van der Waals surface area (Å²) in [6.45, 7) is 1.60. The molecular weight excluding hydrogens is 386 g/mol. The van der Waals surface area contributed by atoms with Crippen molar-refractivity contribution in [3.05, 3.63) is 83.1 Å². The summed E-state index contributed by atoms with van der Waals surface area (Å²) in [6.07, 6.45) is 12.2. The second-order valence-electron chi connectivity index (χ2n) is 8.55. The maximum Gasteiger partial charge on any atom is 0.152 e. The lowest BCUT2D eigenvalue weighted by atomic mass is 9.73. The summed E-state index contributed by atoms with van der Waals surface area (Å²) in [5, 5.41) is 9.94. The van der Waals surface area contributed by atoms with E-state index in [0.717, 1.165) is 49.4 Å². The second kappa shape index (κ2) is 8.21. The highest BCUT2D eigenvalue weighted by Gasteiger charge is 2.46. The van der Waals surface area contributed by atoms with E-state index >= 15 is 0 Å². The van der Waals surface area contributed by atoms with E-state index in [9.17, 15) is 5.11 Å². The highest BCUT2D eigenvalue weighted by atomic mass is 16.3. The van der Waals surface area contributed by atoms with Crippen molar-refractivity contribution >= 4 is 18.0 Å². The monoisotopic (exact) mass is 413 g/mol. The molecule has 0 radical (unpaired) electrons. The zero-order chi connectivity index (χ0) is 21.3. The van der Waals surface area contributed by atoms with E-state index in [2.05, 4.69) is 44.1 Å². The molecule has 1 spiro atoms. The summed E-state index contributed by atoms with van der Waals surface area (Å²) in [5.74, 6) is 0.778. The van der Waals surface area contributed by atoms with Crippen molar-refractivity contribution < 1.29 is 5.11 Å². The predicted molar refractivity (Wildman–Crippen MR) is 122 cm³/mol. The molecule has 1 saturated heterocycles. The first-order valence-electron chi connectivity index (χ1n) is 10.8. The SMILES string of the molecule is N[C@@H]1c2ccccc2CC12CCN(c1ncc(/C=C\c3cccnc3)nc1CO)CC2. The molecule has 0 unspecified atom stereocenters. The molecule has 3 N–H and O–H groups in total. The third-order valence-electron chi connectivity index (χ3n) is 6.77. The van der Waals surface area contributed by atoms with Crippen LogP contribution in [0.3, 0.4) is 0 Å². The molecule has 0 amide bonds. The quantitative estimate of drug-likeness (QED) is 0.682. The summed E-state index contributed by atoms with van der Waals surface area (Å²) in [6, 6.07) is 12.5. The van der Waals surface area contributed by atoms with Crippen LogP contribution in [0.25, 0.3) is 12.2 Å². The molecule has 6 heteroatoms. The Labute approximate surface area is 182 Å². The van der Waals surface area contributed by atoms with Gasteiger partial charge in [0.05, 0.1) is 18.5 Å². The predicted octanol–water partition coefficient (Wildman–Crippen LogP) is 3.38. The highest BCUT2D eigenvalue weighted by molar-refractivity contribution is 5.67. The van der Waals surface area contributed by atoms with E-state index in [1.807, 2.05) is 24.3 Å². The number of fused-ring (bicyclic) bond motifs is 1. The lowest BCUT2D eigenvalue weighted by molar-refractivity contribution is 0.186. The zero-order valence-electron chi connectivity index (χ0n) is 17.5. The Morgan fingerprint density at radius 2 is 1.94 bits per heavy atom. The number of piperidine rings is 1. The van der Waals surface area contributed by atoms with Crippen molar-refractivity contribution in [2.45, 2.75) is 31.9 Å². The van der Waals surface area contributed by atoms with E-state index in [4.69, 9.17) is 5.73 Å². The molecule has 5 rings (SSSR count). The number of nitrogens with zero attached hydrogens (tertiary/aromatic N) is 4. The molecule has 1 aliphatic carbocycles. The minimum atomic E-state index is -0.135. The Bertz CT molecular complexity index is 1090. The van der Waals surface area contributed by atoms with Crippen molar-refractivity contribution in [2.24, 2.45) is 11.1 Å². The smallest absolute Gasteiger partial charge is 0.152 e. The molecule has 1 atom stereocenters. The number of pyridine rings is 1. The largest absolute Gasteiger partial charge is 0.390 e. The van der Waals surface area contributed by atoms with Crippen LogP contribution in [-0.4, -0.2) is 33.1 Å². The standard InChI is InChI=1S/C25H27N5O/c26-23-21-6-2-1-5-19(21)14-25(23)9-12-30(13-10-25)24-22(17-31)29-20(16-28-24)8-7-18-4-3-11-27-15-18/h1-8,11,15-16,23,31H,9-10,12-14,17,26H2/b8-7-/t23-/m1/s1. The van der Waals surface area contributed by atoms with Crippen molar-refractivity contribution in [2.75, 3.05) is 18.0 Å². The molecule has 0 bridgehead atoms. The van der Waals surface area contributed by atoms with Crippen molar-refractivity contribution in [1.82, 2.24) is 15.0 Å². The van der Waals surface area contributed by atoms with Crippen LogP contribution in [0.4, 0.5) is 5.82 Å². The number of rotatable bonds is 4. The Kier molecular flexibility index (Phi) is 5.26. The fourth-order valence-electron chi connectivity index (χ4n) is 5.01. The Morgan fingerprint density at radius 1 is 1.10 bits per heavy atom. The van der Waals surface area contributed by atoms with Gasteiger partial charge in [0.15, 0.2) is 5.82 Å². The van der Waals surface area contributed by atoms with E-state index < -0.39 is 0 Å². The van der Waals surface area contributed by atoms with Crippen molar-refractivity contribution in [1.29, 1.82) is 0 Å². The molecule has 158 valence electrons. The van der Waals surface area contributed by atoms with Crippen molar-refractivity contribution in [3.63, 3.8) is 0 Å². The first-order chi connectivity index (χ1) is 15.2. The minimum absolute atomic E-state index is 0.0919. The minimum Gasteiger partial charge on any atom is -0.390 e. The van der Waals surface area contributed by atoms with Gasteiger partial charge in [0.1, 0.15) is 5.69 Å². The van der Waals surface area contributed by atoms with Gasteiger partial charge in [-0.15, -0.1) is 0 Å². The van der Waals surface area contributed by atoms with Crippen molar-refractivity contribution in [3.8, 4) is 0 Å². The fraction of sp³-hybridized carbons (Fsp3) is 0.320. The van der Waals surface area contributed by atoms with E-state index in [-0.39, 0.29) is 18.1 Å². The van der Waals surface area contributed by atoms with Crippen LogP contribution in [0, 0.1) is 5.41 Å². The molecule has 2 aliphatic rings. The maximum absolute atomic E-state index is 9.94. The normalized spacial score (nSPS) is 19.8. The molecule has 3 aromatic rings. The summed E-state index contributed by atoms with van der Waals surface area (Å²) >= 11 is 0. The number of hydrogen-bond acceptors (Lipinski definition) is 6. The van der Waals surface area contributed by atoms with Gasteiger partial charge in [0, 0.05) is 31.5 Å². The highest BCUT2D eigenvalue weighted by Crippen LogP contribution is 2.50. The van der Waals surface area contributed by atoms with Gasteiger partial charge in [-0.25, -0.2) is 9.97 Å². The molecular formula is C25H27N5O. The average Bonchev–Trinajstić information content (AvgIpc) is 3.10. The third kappa shape index (κ3) is 3.73. The lowest BCUT2D eigenvalue weighted by Crippen LogP contribution is -2.45. The summed E-state index contributed by atoms with van der Waals surface area (Å²) in [4.78, 5) is 15.7. The first-order valence-corrected chi connectivity index (χ1v) is 10.8. The Morgan fingerprint density at radius 3 is 2.68 bits per heavy atom. The molecule has 1 fully saturated rings. The van der Waals surface area contributed by atoms with Gasteiger partial charge in [0.25, 0.3) is 0 Å². The first kappa shape index (κ1) is 19.8. The summed E-state index contributed by atoms with van der Waals surface area (Å²) < 4.78 is 0. The number of aromatic nitrogens is 3. The summed E-state index contributed by atoms with van der Waals surface area (Å²) in [7, 11) is 0. The Hall–Kier alpha value is -3.09. The van der Waals surface area contributed by atoms with Crippen LogP contribution >= 0.6 is 0 Å². The summed E-state index contributed by atoms with van der Waals surface area (Å²) in [5.41, 5.74) is 11.8. The fourth-order valence-corrected chi connectivity index (χ4v) is 5.01. The number of benzene rings is 1. The molecule has 1 aromatic carbocycles. The third-order valence-corrected chi connectivity index (χ3v) is 6.77. The van der Waals surface area contributed by atoms with Crippen LogP contribution in [-0.2, 0) is 13.0 Å². The number of aliphatic hydroxyl groups is 1. The van der Waals surface area contributed by atoms with Gasteiger partial charge in [0.2, 0.25) is 0 Å². The van der Waals surface area contributed by atoms with Gasteiger partial charge in [-0.3, -0.25) is 4.98 Å².